The number of aromatic amines is 1. The van der Waals surface area contributed by atoms with E-state index in [1.165, 1.54) is 39.9 Å². The van der Waals surface area contributed by atoms with Crippen molar-refractivity contribution in [3.05, 3.63) is 67.8 Å². The van der Waals surface area contributed by atoms with Crippen molar-refractivity contribution in [1.82, 2.24) is 14.5 Å². The van der Waals surface area contributed by atoms with E-state index in [4.69, 9.17) is 0 Å². The summed E-state index contributed by atoms with van der Waals surface area (Å²) in [5.41, 5.74) is 2.90. The summed E-state index contributed by atoms with van der Waals surface area (Å²) in [6.45, 7) is 0.345. The van der Waals surface area contributed by atoms with Crippen molar-refractivity contribution >= 4 is 34.6 Å². The van der Waals surface area contributed by atoms with E-state index in [0.717, 1.165) is 22.9 Å². The highest BCUT2D eigenvalue weighted by molar-refractivity contribution is 8.00. The molecule has 0 radical (unpaired) electrons. The van der Waals surface area contributed by atoms with Crippen molar-refractivity contribution in [2.75, 3.05) is 11.1 Å². The molecule has 4 rings (SSSR count). The third-order valence-corrected chi connectivity index (χ3v) is 6.29. The number of thiazole rings is 1. The Morgan fingerprint density at radius 3 is 2.92 bits per heavy atom. The van der Waals surface area contributed by atoms with Gasteiger partial charge in [-0.2, -0.15) is 0 Å². The Balaban J connectivity index is 1.47. The highest BCUT2D eigenvalue weighted by atomic mass is 32.2. The minimum atomic E-state index is -0.402. The smallest absolute Gasteiger partial charge is 0.329 e. The van der Waals surface area contributed by atoms with E-state index in [1.807, 2.05) is 11.4 Å². The Kier molecular flexibility index (Phi) is 4.94. The van der Waals surface area contributed by atoms with Gasteiger partial charge in [-0.05, 0) is 42.5 Å². The van der Waals surface area contributed by atoms with E-state index in [0.29, 0.717) is 18.1 Å². The van der Waals surface area contributed by atoms with E-state index in [1.54, 1.807) is 17.5 Å². The van der Waals surface area contributed by atoms with Gasteiger partial charge in [-0.15, -0.1) is 11.3 Å². The summed E-state index contributed by atoms with van der Waals surface area (Å²) >= 11 is 3.08. The van der Waals surface area contributed by atoms with Gasteiger partial charge in [-0.3, -0.25) is 14.3 Å². The topological polar surface area (TPSA) is 79.8 Å². The molecule has 8 heteroatoms. The van der Waals surface area contributed by atoms with Gasteiger partial charge in [-0.1, -0.05) is 17.8 Å². The average Bonchev–Trinajstić information content (AvgIpc) is 3.28. The fourth-order valence-corrected chi connectivity index (χ4v) is 4.74. The van der Waals surface area contributed by atoms with Gasteiger partial charge in [0.25, 0.3) is 5.56 Å². The van der Waals surface area contributed by atoms with E-state index in [9.17, 15) is 9.59 Å². The minimum absolute atomic E-state index is 0.308. The molecule has 1 aliphatic carbocycles. The van der Waals surface area contributed by atoms with Gasteiger partial charge in [0, 0.05) is 35.6 Å². The van der Waals surface area contributed by atoms with Crippen molar-refractivity contribution in [1.29, 1.82) is 0 Å². The number of aryl methyl sites for hydroxylation is 2. The van der Waals surface area contributed by atoms with Crippen molar-refractivity contribution < 1.29 is 0 Å². The number of hydrogen-bond acceptors (Lipinski definition) is 6. The molecule has 0 fully saturated rings. The van der Waals surface area contributed by atoms with Crippen LogP contribution in [-0.2, 0) is 19.4 Å². The molecule has 134 valence electrons. The zero-order valence-electron chi connectivity index (χ0n) is 14.0. The van der Waals surface area contributed by atoms with E-state index >= 15 is 0 Å². The van der Waals surface area contributed by atoms with Crippen LogP contribution in [0.1, 0.15) is 17.5 Å². The molecule has 1 aliphatic rings. The summed E-state index contributed by atoms with van der Waals surface area (Å²) in [6.07, 6.45) is 5.14. The van der Waals surface area contributed by atoms with Crippen molar-refractivity contribution in [2.24, 2.45) is 0 Å². The van der Waals surface area contributed by atoms with Crippen LogP contribution in [0, 0.1) is 0 Å². The lowest BCUT2D eigenvalue weighted by Crippen LogP contribution is -2.35. The maximum Gasteiger partial charge on any atom is 0.329 e. The van der Waals surface area contributed by atoms with Crippen LogP contribution in [0.5, 0.6) is 0 Å². The number of nitrogens with one attached hydrogen (secondary N) is 2. The maximum absolute atomic E-state index is 12.3. The number of nitrogens with zero attached hydrogens (tertiary/aromatic N) is 2. The fourth-order valence-electron chi connectivity index (χ4n) is 3.11. The number of H-pyrrole nitrogens is 1. The molecule has 6 nitrogen and oxygen atoms in total. The second kappa shape index (κ2) is 7.51. The van der Waals surface area contributed by atoms with Crippen LogP contribution in [0.15, 0.2) is 49.8 Å². The molecule has 2 heterocycles. The Morgan fingerprint density at radius 2 is 2.12 bits per heavy atom. The van der Waals surface area contributed by atoms with Gasteiger partial charge in [0.1, 0.15) is 10.2 Å². The number of hydrogen-bond donors (Lipinski definition) is 2. The van der Waals surface area contributed by atoms with Gasteiger partial charge < -0.3 is 5.32 Å². The minimum Gasteiger partial charge on any atom is -0.342 e. The molecular weight excluding hydrogens is 368 g/mol. The molecule has 0 bridgehead atoms. The van der Waals surface area contributed by atoms with Crippen LogP contribution in [0.25, 0.3) is 0 Å². The molecule has 0 saturated carbocycles. The monoisotopic (exact) mass is 386 g/mol. The van der Waals surface area contributed by atoms with E-state index < -0.39 is 5.69 Å². The molecule has 2 N–H and O–H groups in total. The second-order valence-corrected chi connectivity index (χ2v) is 8.32. The predicted molar refractivity (Wildman–Crippen MR) is 106 cm³/mol. The Bertz CT molecular complexity index is 993. The lowest BCUT2D eigenvalue weighted by molar-refractivity contribution is 0.681. The first-order valence-corrected chi connectivity index (χ1v) is 10.3. The number of thioether (sulfide) groups is 1. The molecule has 0 saturated heterocycles. The first-order valence-electron chi connectivity index (χ1n) is 8.44. The number of benzene rings is 1. The zero-order chi connectivity index (χ0) is 17.9. The standard InChI is InChI=1S/C18H18N4O2S2/c23-16-11-15(20-14-5-4-12-2-1-3-13(12)10-14)21-17(24)22(16)7-9-26-18-19-6-8-25-18/h4-6,8,10-11,20H,1-3,7,9H2,(H,21,24). The van der Waals surface area contributed by atoms with Crippen molar-refractivity contribution in [2.45, 2.75) is 30.1 Å². The molecule has 0 atom stereocenters. The number of aromatic nitrogens is 3. The Labute approximate surface area is 158 Å². The van der Waals surface area contributed by atoms with Crippen molar-refractivity contribution in [3.63, 3.8) is 0 Å². The second-order valence-electron chi connectivity index (χ2n) is 6.09. The summed E-state index contributed by atoms with van der Waals surface area (Å²) in [7, 11) is 0. The summed E-state index contributed by atoms with van der Waals surface area (Å²) in [6, 6.07) is 7.62. The van der Waals surface area contributed by atoms with Gasteiger partial charge in [-0.25, -0.2) is 9.78 Å². The molecule has 0 spiro atoms. The lowest BCUT2D eigenvalue weighted by Gasteiger charge is -2.10. The fraction of sp³-hybridized carbons (Fsp3) is 0.278. The first-order chi connectivity index (χ1) is 12.7. The molecule has 26 heavy (non-hydrogen) atoms. The van der Waals surface area contributed by atoms with Crippen LogP contribution in [-0.4, -0.2) is 20.3 Å². The highest BCUT2D eigenvalue weighted by Crippen LogP contribution is 2.26. The summed E-state index contributed by atoms with van der Waals surface area (Å²) in [4.78, 5) is 31.5. The third kappa shape index (κ3) is 3.76. The van der Waals surface area contributed by atoms with Crippen LogP contribution in [0.4, 0.5) is 11.5 Å². The van der Waals surface area contributed by atoms with Crippen LogP contribution in [0.3, 0.4) is 0 Å². The Morgan fingerprint density at radius 1 is 1.23 bits per heavy atom. The van der Waals surface area contributed by atoms with Crippen molar-refractivity contribution in [3.8, 4) is 0 Å². The Hall–Kier alpha value is -2.32. The largest absolute Gasteiger partial charge is 0.342 e. The van der Waals surface area contributed by atoms with E-state index in [2.05, 4.69) is 27.4 Å². The van der Waals surface area contributed by atoms with Gasteiger partial charge in [0.15, 0.2) is 0 Å². The molecule has 1 aromatic carbocycles. The summed E-state index contributed by atoms with van der Waals surface area (Å²) in [5.74, 6) is 1.04. The summed E-state index contributed by atoms with van der Waals surface area (Å²) in [5, 5.41) is 5.04. The molecule has 2 aromatic heterocycles. The molecule has 0 amide bonds. The number of anilines is 2. The third-order valence-electron chi connectivity index (χ3n) is 4.35. The van der Waals surface area contributed by atoms with Crippen LogP contribution in [0.2, 0.25) is 0 Å². The molecule has 0 unspecified atom stereocenters. The van der Waals surface area contributed by atoms with Gasteiger partial charge >= 0.3 is 5.69 Å². The average molecular weight is 387 g/mol. The van der Waals surface area contributed by atoms with Gasteiger partial charge in [0.05, 0.1) is 0 Å². The maximum atomic E-state index is 12.3. The number of rotatable bonds is 6. The van der Waals surface area contributed by atoms with Crippen LogP contribution < -0.4 is 16.6 Å². The SMILES string of the molecule is O=c1cc(Nc2ccc3c(c2)CCC3)[nH]c(=O)n1CCSc1nccs1. The quantitative estimate of drug-likeness (QED) is 0.637. The molecular formula is C18H18N4O2S2. The first kappa shape index (κ1) is 17.1. The molecule has 0 aliphatic heterocycles. The predicted octanol–water partition coefficient (Wildman–Crippen LogP) is 3.02. The lowest BCUT2D eigenvalue weighted by atomic mass is 10.1. The number of fused-ring (bicyclic) bond motifs is 1. The zero-order valence-corrected chi connectivity index (χ0v) is 15.7. The highest BCUT2D eigenvalue weighted by Gasteiger charge is 2.11. The normalized spacial score (nSPS) is 12.9. The van der Waals surface area contributed by atoms with Gasteiger partial charge in [0.2, 0.25) is 0 Å². The van der Waals surface area contributed by atoms with Crippen LogP contribution >= 0.6 is 23.1 Å². The van der Waals surface area contributed by atoms with E-state index in [-0.39, 0.29) is 5.56 Å². The summed E-state index contributed by atoms with van der Waals surface area (Å²) < 4.78 is 2.15. The molecule has 3 aromatic rings.